The molecule has 3 N–H and O–H groups in total. The molecule has 0 aliphatic carbocycles. The molecule has 3 rings (SSSR count). The maximum atomic E-state index is 11.9. The summed E-state index contributed by atoms with van der Waals surface area (Å²) in [4.78, 5) is 29.3. The van der Waals surface area contributed by atoms with Crippen LogP contribution in [0.5, 0.6) is 5.88 Å². The monoisotopic (exact) mass is 397 g/mol. The van der Waals surface area contributed by atoms with Gasteiger partial charge < -0.3 is 10.1 Å². The Morgan fingerprint density at radius 2 is 2.04 bits per heavy atom. The quantitative estimate of drug-likeness (QED) is 0.445. The zero-order valence-electron chi connectivity index (χ0n) is 12.5. The van der Waals surface area contributed by atoms with Crippen LogP contribution >= 0.6 is 35.5 Å². The molecule has 0 bridgehead atoms. The lowest BCUT2D eigenvalue weighted by Gasteiger charge is -2.01. The maximum absolute atomic E-state index is 11.9. The number of halogens is 1. The van der Waals surface area contributed by atoms with Gasteiger partial charge in [-0.2, -0.15) is 4.98 Å². The van der Waals surface area contributed by atoms with E-state index in [1.165, 1.54) is 11.3 Å². The van der Waals surface area contributed by atoms with E-state index in [1.54, 1.807) is 0 Å². The van der Waals surface area contributed by atoms with E-state index in [4.69, 9.17) is 0 Å². The average molecular weight is 398 g/mol. The number of hydrogen-bond donors (Lipinski definition) is 3. The molecule has 0 aliphatic heterocycles. The lowest BCUT2D eigenvalue weighted by atomic mass is 10.2. The smallest absolute Gasteiger partial charge is 0.255 e. The zero-order chi connectivity index (χ0) is 16.9. The highest BCUT2D eigenvalue weighted by Crippen LogP contribution is 2.26. The molecule has 0 aliphatic rings. The minimum atomic E-state index is -0.484. The highest BCUT2D eigenvalue weighted by molar-refractivity contribution is 7.99. The number of H-pyrrole nitrogens is 1. The minimum absolute atomic E-state index is 0. The number of anilines is 1. The molecule has 0 radical (unpaired) electrons. The van der Waals surface area contributed by atoms with Crippen LogP contribution in [0.2, 0.25) is 0 Å². The molecule has 25 heavy (non-hydrogen) atoms. The highest BCUT2D eigenvalue weighted by atomic mass is 35.5. The number of benzene rings is 1. The first-order valence-electron chi connectivity index (χ1n) is 6.72. The van der Waals surface area contributed by atoms with Crippen LogP contribution in [-0.4, -0.2) is 36.9 Å². The van der Waals surface area contributed by atoms with Gasteiger partial charge in [-0.15, -0.1) is 22.6 Å². The number of carbonyl (C=O) groups is 1. The van der Waals surface area contributed by atoms with Crippen molar-refractivity contribution in [3.05, 3.63) is 46.8 Å². The number of aromatic nitrogens is 4. The van der Waals surface area contributed by atoms with Gasteiger partial charge in [0.05, 0.1) is 11.8 Å². The average Bonchev–Trinajstić information content (AvgIpc) is 3.01. The third kappa shape index (κ3) is 5.28. The van der Waals surface area contributed by atoms with E-state index in [2.05, 4.69) is 25.5 Å². The summed E-state index contributed by atoms with van der Waals surface area (Å²) in [7, 11) is 0. The molecule has 0 saturated carbocycles. The number of nitrogens with one attached hydrogen (secondary N) is 2. The number of thioether (sulfide) groups is 1. The number of rotatable bonds is 5. The topological polar surface area (TPSA) is 121 Å². The van der Waals surface area contributed by atoms with Gasteiger partial charge in [-0.25, -0.2) is 0 Å². The van der Waals surface area contributed by atoms with Crippen LogP contribution in [0.3, 0.4) is 0 Å². The predicted molar refractivity (Wildman–Crippen MR) is 98.5 cm³/mol. The van der Waals surface area contributed by atoms with Crippen molar-refractivity contribution in [1.82, 2.24) is 20.2 Å². The van der Waals surface area contributed by atoms with Gasteiger partial charge in [0.15, 0.2) is 5.16 Å². The number of hydrogen-bond acceptors (Lipinski definition) is 8. The SMILES string of the molecule is Cl.O=C(CSc1nc(O)cc(=O)[nH]1)Nc1nnc(-c2ccccc2)s1. The summed E-state index contributed by atoms with van der Waals surface area (Å²) in [6.07, 6.45) is 0. The van der Waals surface area contributed by atoms with Gasteiger partial charge in [0, 0.05) is 5.56 Å². The summed E-state index contributed by atoms with van der Waals surface area (Å²) >= 11 is 2.26. The van der Waals surface area contributed by atoms with Crippen LogP contribution in [0.1, 0.15) is 0 Å². The molecular weight excluding hydrogens is 386 g/mol. The Morgan fingerprint density at radius 1 is 1.28 bits per heavy atom. The van der Waals surface area contributed by atoms with E-state index in [0.717, 1.165) is 23.4 Å². The molecular formula is C14H12ClN5O3S2. The summed E-state index contributed by atoms with van der Waals surface area (Å²) in [6, 6.07) is 10.5. The van der Waals surface area contributed by atoms with E-state index in [-0.39, 0.29) is 29.2 Å². The Kier molecular flexibility index (Phi) is 6.51. The second-order valence-corrected chi connectivity index (χ2v) is 6.47. The van der Waals surface area contributed by atoms with Crippen molar-refractivity contribution in [2.75, 3.05) is 11.1 Å². The Morgan fingerprint density at radius 3 is 2.76 bits per heavy atom. The first-order valence-corrected chi connectivity index (χ1v) is 8.52. The zero-order valence-corrected chi connectivity index (χ0v) is 15.0. The van der Waals surface area contributed by atoms with Crippen LogP contribution in [0.4, 0.5) is 5.13 Å². The Labute approximate surface area is 156 Å². The highest BCUT2D eigenvalue weighted by Gasteiger charge is 2.11. The molecule has 2 aromatic heterocycles. The van der Waals surface area contributed by atoms with Crippen molar-refractivity contribution in [1.29, 1.82) is 0 Å². The normalized spacial score (nSPS) is 10.1. The molecule has 3 aromatic rings. The number of aromatic amines is 1. The number of aromatic hydroxyl groups is 1. The third-order valence-electron chi connectivity index (χ3n) is 2.74. The van der Waals surface area contributed by atoms with Gasteiger partial charge in [-0.05, 0) is 0 Å². The molecule has 0 atom stereocenters. The first-order chi connectivity index (χ1) is 11.6. The molecule has 0 fully saturated rings. The molecule has 0 spiro atoms. The third-order valence-corrected chi connectivity index (χ3v) is 4.50. The first kappa shape index (κ1) is 18.9. The molecule has 1 aromatic carbocycles. The number of amides is 1. The van der Waals surface area contributed by atoms with Crippen molar-refractivity contribution >= 4 is 46.5 Å². The fourth-order valence-corrected chi connectivity index (χ4v) is 3.19. The Balaban J connectivity index is 0.00000225. The van der Waals surface area contributed by atoms with Crippen LogP contribution in [0.25, 0.3) is 10.6 Å². The minimum Gasteiger partial charge on any atom is -0.493 e. The Bertz CT molecular complexity index is 916. The fraction of sp³-hybridized carbons (Fsp3) is 0.0714. The lowest BCUT2D eigenvalue weighted by Crippen LogP contribution is -2.15. The summed E-state index contributed by atoms with van der Waals surface area (Å²) in [5.74, 6) is -0.702. The van der Waals surface area contributed by atoms with Gasteiger partial charge in [-0.1, -0.05) is 53.4 Å². The largest absolute Gasteiger partial charge is 0.493 e. The van der Waals surface area contributed by atoms with Crippen LogP contribution in [0, 0.1) is 0 Å². The molecule has 0 saturated heterocycles. The molecule has 1 amide bonds. The van der Waals surface area contributed by atoms with Crippen LogP contribution in [-0.2, 0) is 4.79 Å². The van der Waals surface area contributed by atoms with Gasteiger partial charge in [0.2, 0.25) is 16.9 Å². The lowest BCUT2D eigenvalue weighted by molar-refractivity contribution is -0.113. The van der Waals surface area contributed by atoms with Crippen molar-refractivity contribution in [2.24, 2.45) is 0 Å². The van der Waals surface area contributed by atoms with E-state index in [1.807, 2.05) is 30.3 Å². The summed E-state index contributed by atoms with van der Waals surface area (Å²) in [6.45, 7) is 0. The van der Waals surface area contributed by atoms with Gasteiger partial charge >= 0.3 is 0 Å². The molecule has 130 valence electrons. The van der Waals surface area contributed by atoms with Gasteiger partial charge in [0.1, 0.15) is 5.01 Å². The van der Waals surface area contributed by atoms with Crippen molar-refractivity contribution < 1.29 is 9.90 Å². The molecule has 11 heteroatoms. The number of carbonyl (C=O) groups excluding carboxylic acids is 1. The van der Waals surface area contributed by atoms with Crippen molar-refractivity contribution in [2.45, 2.75) is 5.16 Å². The van der Waals surface area contributed by atoms with Gasteiger partial charge in [0.25, 0.3) is 5.56 Å². The molecule has 0 unspecified atom stereocenters. The summed E-state index contributed by atoms with van der Waals surface area (Å²) in [5.41, 5.74) is 0.438. The Hall–Kier alpha value is -2.43. The second kappa shape index (κ2) is 8.60. The van der Waals surface area contributed by atoms with Gasteiger partial charge in [-0.3, -0.25) is 14.9 Å². The molecule has 8 nitrogen and oxygen atoms in total. The fourth-order valence-electron chi connectivity index (χ4n) is 1.75. The summed E-state index contributed by atoms with van der Waals surface area (Å²) < 4.78 is 0. The summed E-state index contributed by atoms with van der Waals surface area (Å²) in [5, 5.41) is 21.1. The number of nitrogens with zero attached hydrogens (tertiary/aromatic N) is 3. The van der Waals surface area contributed by atoms with Crippen molar-refractivity contribution in [3.8, 4) is 16.5 Å². The van der Waals surface area contributed by atoms with E-state index in [0.29, 0.717) is 10.1 Å². The maximum Gasteiger partial charge on any atom is 0.255 e. The second-order valence-electron chi connectivity index (χ2n) is 4.52. The van der Waals surface area contributed by atoms with Crippen LogP contribution in [0.15, 0.2) is 46.3 Å². The van der Waals surface area contributed by atoms with Crippen molar-refractivity contribution in [3.63, 3.8) is 0 Å². The van der Waals surface area contributed by atoms with E-state index in [9.17, 15) is 14.7 Å². The van der Waals surface area contributed by atoms with Crippen LogP contribution < -0.4 is 10.9 Å². The standard InChI is InChI=1S/C14H11N5O3S2.ClH/c20-9-6-10(21)16-13(15-9)23-7-11(22)17-14-19-18-12(24-14)8-4-2-1-3-5-8;/h1-6H,7H2,(H,17,19,22)(H2,15,16,20,21);1H. The predicted octanol–water partition coefficient (Wildman–Crippen LogP) is 2.15. The van der Waals surface area contributed by atoms with E-state index >= 15 is 0 Å². The molecule has 2 heterocycles. The van der Waals surface area contributed by atoms with E-state index < -0.39 is 11.4 Å².